The number of rotatable bonds is 3. The van der Waals surface area contributed by atoms with Crippen LogP contribution in [0.2, 0.25) is 0 Å². The number of aromatic nitrogens is 3. The first-order valence-corrected chi connectivity index (χ1v) is 17.6. The fraction of sp³-hybridized carbons (Fsp3) is 0. The van der Waals surface area contributed by atoms with Gasteiger partial charge in [-0.2, -0.15) is 5.26 Å². The minimum atomic E-state index is 0.475. The Morgan fingerprint density at radius 2 is 0.981 bits per heavy atom. The third-order valence-corrected chi connectivity index (χ3v) is 10.9. The Labute approximate surface area is 303 Å². The third-order valence-electron chi connectivity index (χ3n) is 10.9. The fourth-order valence-electron chi connectivity index (χ4n) is 8.65. The van der Waals surface area contributed by atoms with Crippen molar-refractivity contribution in [3.05, 3.63) is 181 Å². The second-order valence-electron chi connectivity index (χ2n) is 13.5. The van der Waals surface area contributed by atoms with Gasteiger partial charge < -0.3 is 13.7 Å². The SMILES string of the molecule is [C-]#[N+]c1cc(-n2c3ccccc3c3cc4c(cc32)c2ccccc2n4-c2ccccc2)c(C#N)cc1-n1c2ccccc2c2c3ccccc3ccc21. The van der Waals surface area contributed by atoms with Gasteiger partial charge in [-0.3, -0.25) is 0 Å². The summed E-state index contributed by atoms with van der Waals surface area (Å²) in [7, 11) is 0. The van der Waals surface area contributed by atoms with Gasteiger partial charge in [0.15, 0.2) is 0 Å². The van der Waals surface area contributed by atoms with Crippen molar-refractivity contribution in [1.82, 2.24) is 13.7 Å². The molecule has 0 radical (unpaired) electrons. The summed E-state index contributed by atoms with van der Waals surface area (Å²) >= 11 is 0. The molecule has 0 aliphatic rings. The molecule has 0 atom stereocenters. The molecule has 0 spiro atoms. The van der Waals surface area contributed by atoms with Gasteiger partial charge in [-0.1, -0.05) is 103 Å². The van der Waals surface area contributed by atoms with E-state index in [1.165, 1.54) is 0 Å². The van der Waals surface area contributed by atoms with Gasteiger partial charge in [0.05, 0.1) is 56.6 Å². The number of para-hydroxylation sites is 4. The maximum atomic E-state index is 10.9. The van der Waals surface area contributed by atoms with Gasteiger partial charge in [-0.25, -0.2) is 4.85 Å². The minimum absolute atomic E-state index is 0.475. The Hall–Kier alpha value is -7.60. The molecule has 0 fully saturated rings. The van der Waals surface area contributed by atoms with Crippen molar-refractivity contribution in [2.45, 2.75) is 0 Å². The summed E-state index contributed by atoms with van der Waals surface area (Å²) in [5.74, 6) is 0. The molecule has 0 unspecified atom stereocenters. The number of fused-ring (bicyclic) bond motifs is 11. The van der Waals surface area contributed by atoms with E-state index in [0.29, 0.717) is 22.6 Å². The van der Waals surface area contributed by atoms with Gasteiger partial charge in [0.2, 0.25) is 5.69 Å². The third kappa shape index (κ3) is 3.99. The maximum absolute atomic E-state index is 10.9. The van der Waals surface area contributed by atoms with Gasteiger partial charge in [0, 0.05) is 38.0 Å². The van der Waals surface area contributed by atoms with Gasteiger partial charge >= 0.3 is 0 Å². The van der Waals surface area contributed by atoms with E-state index in [2.05, 4.69) is 158 Å². The van der Waals surface area contributed by atoms with Crippen molar-refractivity contribution in [1.29, 1.82) is 5.26 Å². The maximum Gasteiger partial charge on any atom is 0.212 e. The van der Waals surface area contributed by atoms with E-state index in [1.54, 1.807) is 0 Å². The van der Waals surface area contributed by atoms with Crippen LogP contribution in [-0.4, -0.2) is 13.7 Å². The largest absolute Gasteiger partial charge is 0.319 e. The molecule has 53 heavy (non-hydrogen) atoms. The van der Waals surface area contributed by atoms with Crippen LogP contribution in [0.4, 0.5) is 5.69 Å². The van der Waals surface area contributed by atoms with Crippen molar-refractivity contribution in [2.24, 2.45) is 0 Å². The molecule has 0 bridgehead atoms. The van der Waals surface area contributed by atoms with Gasteiger partial charge in [-0.15, -0.1) is 0 Å². The highest BCUT2D eigenvalue weighted by Gasteiger charge is 2.23. The lowest BCUT2D eigenvalue weighted by molar-refractivity contribution is 1.14. The van der Waals surface area contributed by atoms with Crippen LogP contribution in [0.1, 0.15) is 5.56 Å². The summed E-state index contributed by atoms with van der Waals surface area (Å²) < 4.78 is 6.66. The number of nitriles is 1. The second-order valence-corrected chi connectivity index (χ2v) is 13.5. The molecule has 0 amide bonds. The van der Waals surface area contributed by atoms with Crippen LogP contribution in [0, 0.1) is 17.9 Å². The average Bonchev–Trinajstić information content (AvgIpc) is 3.85. The van der Waals surface area contributed by atoms with Crippen LogP contribution >= 0.6 is 0 Å². The van der Waals surface area contributed by atoms with E-state index in [0.717, 1.165) is 81.9 Å². The quantitative estimate of drug-likeness (QED) is 0.172. The van der Waals surface area contributed by atoms with E-state index in [1.807, 2.05) is 30.3 Å². The van der Waals surface area contributed by atoms with Crippen molar-refractivity contribution in [3.8, 4) is 23.1 Å². The van der Waals surface area contributed by atoms with E-state index in [9.17, 15) is 5.26 Å². The van der Waals surface area contributed by atoms with E-state index >= 15 is 0 Å². The van der Waals surface area contributed by atoms with Crippen molar-refractivity contribution < 1.29 is 0 Å². The normalized spacial score (nSPS) is 11.7. The highest BCUT2D eigenvalue weighted by atomic mass is 15.0. The highest BCUT2D eigenvalue weighted by molar-refractivity contribution is 6.22. The molecule has 0 aliphatic heterocycles. The molecule has 3 aromatic heterocycles. The molecule has 0 saturated heterocycles. The summed E-state index contributed by atoms with van der Waals surface area (Å²) in [5, 5.41) is 19.9. The zero-order valence-corrected chi connectivity index (χ0v) is 28.3. The lowest BCUT2D eigenvalue weighted by Crippen LogP contribution is -2.01. The molecule has 11 rings (SSSR count). The summed E-state index contributed by atoms with van der Waals surface area (Å²) in [6.07, 6.45) is 0. The van der Waals surface area contributed by atoms with Gasteiger partial charge in [0.1, 0.15) is 6.07 Å². The Morgan fingerprint density at radius 3 is 1.66 bits per heavy atom. The van der Waals surface area contributed by atoms with Crippen LogP contribution in [0.15, 0.2) is 164 Å². The predicted molar refractivity (Wildman–Crippen MR) is 218 cm³/mol. The zero-order chi connectivity index (χ0) is 35.2. The molecule has 0 N–H and O–H groups in total. The van der Waals surface area contributed by atoms with E-state index < -0.39 is 0 Å². The zero-order valence-electron chi connectivity index (χ0n) is 28.3. The lowest BCUT2D eigenvalue weighted by atomic mass is 10.0. The molecular formula is C48H27N5. The Bertz CT molecular complexity index is 3420. The lowest BCUT2D eigenvalue weighted by Gasteiger charge is -2.16. The monoisotopic (exact) mass is 673 g/mol. The first kappa shape index (κ1) is 29.2. The Balaban J connectivity index is 1.23. The van der Waals surface area contributed by atoms with E-state index in [-0.39, 0.29) is 0 Å². The molecule has 11 aromatic rings. The number of nitrogens with zero attached hydrogens (tertiary/aromatic N) is 5. The van der Waals surface area contributed by atoms with Gasteiger partial charge in [-0.05, 0) is 71.4 Å². The molecule has 0 saturated carbocycles. The van der Waals surface area contributed by atoms with Gasteiger partial charge in [0.25, 0.3) is 0 Å². The minimum Gasteiger partial charge on any atom is -0.319 e. The topological polar surface area (TPSA) is 42.9 Å². The summed E-state index contributed by atoms with van der Waals surface area (Å²) in [6, 6.07) is 59.3. The molecule has 0 aliphatic carbocycles. The molecular weight excluding hydrogens is 647 g/mol. The molecule has 5 heteroatoms. The molecule has 5 nitrogen and oxygen atoms in total. The Kier molecular flexibility index (Phi) is 6.02. The molecule has 8 aromatic carbocycles. The van der Waals surface area contributed by atoms with Crippen molar-refractivity contribution in [2.75, 3.05) is 0 Å². The molecule has 3 heterocycles. The fourth-order valence-corrected chi connectivity index (χ4v) is 8.65. The van der Waals surface area contributed by atoms with Crippen LogP contribution in [-0.2, 0) is 0 Å². The smallest absolute Gasteiger partial charge is 0.212 e. The predicted octanol–water partition coefficient (Wildman–Crippen LogP) is 12.6. The standard InChI is InChI=1S/C48H27N5/c1-50-39-28-44(31(29-49)25-47(39)52-42-22-12-9-19-36(42)48-33-16-6-5-13-30(33)23-24-43(48)52)53-41-21-11-8-18-35(41)38-26-45-37(27-46(38)53)34-17-7-10-20-40(34)51(45)32-14-3-2-4-15-32/h2-28H. The first-order valence-electron chi connectivity index (χ1n) is 17.6. The number of hydrogen-bond acceptors (Lipinski definition) is 1. The number of hydrogen-bond donors (Lipinski definition) is 0. The highest BCUT2D eigenvalue weighted by Crippen LogP contribution is 2.43. The van der Waals surface area contributed by atoms with Crippen LogP contribution < -0.4 is 0 Å². The van der Waals surface area contributed by atoms with Crippen LogP contribution in [0.5, 0.6) is 0 Å². The molecule has 244 valence electrons. The second kappa shape index (κ2) is 10.9. The Morgan fingerprint density at radius 1 is 0.434 bits per heavy atom. The first-order chi connectivity index (χ1) is 26.2. The summed E-state index contributed by atoms with van der Waals surface area (Å²) in [4.78, 5) is 4.14. The van der Waals surface area contributed by atoms with Crippen LogP contribution in [0.25, 0.3) is 98.1 Å². The summed E-state index contributed by atoms with van der Waals surface area (Å²) in [5.41, 5.74) is 9.65. The van der Waals surface area contributed by atoms with Crippen LogP contribution in [0.3, 0.4) is 0 Å². The van der Waals surface area contributed by atoms with E-state index in [4.69, 9.17) is 6.57 Å². The van der Waals surface area contributed by atoms with Crippen molar-refractivity contribution in [3.63, 3.8) is 0 Å². The summed E-state index contributed by atoms with van der Waals surface area (Å²) in [6.45, 7) is 8.51. The van der Waals surface area contributed by atoms with Crippen molar-refractivity contribution >= 4 is 81.9 Å². The average molecular weight is 674 g/mol. The number of benzene rings is 8.